The fraction of sp³-hybridized carbons (Fsp3) is 0.450. The van der Waals surface area contributed by atoms with Crippen LogP contribution in [0.4, 0.5) is 0 Å². The molecule has 1 saturated carbocycles. The molecular weight excluding hydrogens is 366 g/mol. The van der Waals surface area contributed by atoms with Gasteiger partial charge in [0.2, 0.25) is 0 Å². The Labute approximate surface area is 162 Å². The van der Waals surface area contributed by atoms with Crippen LogP contribution in [-0.2, 0) is 4.79 Å². The largest absolute Gasteiger partial charge is 0.481 e. The fourth-order valence-electron chi connectivity index (χ4n) is 3.67. The molecule has 2 aromatic rings. The van der Waals surface area contributed by atoms with Gasteiger partial charge < -0.3 is 10.0 Å². The van der Waals surface area contributed by atoms with Gasteiger partial charge in [-0.25, -0.2) is 4.68 Å². The van der Waals surface area contributed by atoms with Crippen LogP contribution in [-0.4, -0.2) is 44.8 Å². The standard InChI is InChI=1S/C20H22ClN3O3/c1-12-3-6-14(9-16(12)21)24-17(13-4-5-13)15(10-22-24)18(25)23-8-7-20(2,11-23)19(26)27/h3,6,9-10,13H,4-5,7-8,11H2,1-2H3,(H,26,27). The lowest BCUT2D eigenvalue weighted by Crippen LogP contribution is -2.35. The van der Waals surface area contributed by atoms with Gasteiger partial charge in [-0.05, 0) is 50.8 Å². The molecule has 1 atom stereocenters. The smallest absolute Gasteiger partial charge is 0.311 e. The number of benzene rings is 1. The average Bonchev–Trinajstić information content (AvgIpc) is 3.24. The summed E-state index contributed by atoms with van der Waals surface area (Å²) in [6.07, 6.45) is 4.13. The van der Waals surface area contributed by atoms with Crippen molar-refractivity contribution in [2.75, 3.05) is 13.1 Å². The minimum atomic E-state index is -0.879. The zero-order chi connectivity index (χ0) is 19.3. The minimum Gasteiger partial charge on any atom is -0.481 e. The van der Waals surface area contributed by atoms with Crippen LogP contribution in [0.1, 0.15) is 53.7 Å². The number of carboxylic acid groups (broad SMARTS) is 1. The number of aliphatic carboxylic acids is 1. The minimum absolute atomic E-state index is 0.133. The summed E-state index contributed by atoms with van der Waals surface area (Å²) < 4.78 is 1.81. The maximum Gasteiger partial charge on any atom is 0.311 e. The van der Waals surface area contributed by atoms with Crippen LogP contribution in [0, 0.1) is 12.3 Å². The molecule has 4 rings (SSSR count). The average molecular weight is 388 g/mol. The number of aryl methyl sites for hydroxylation is 1. The van der Waals surface area contributed by atoms with Crippen LogP contribution in [0.3, 0.4) is 0 Å². The molecule has 2 heterocycles. The molecule has 2 fully saturated rings. The molecule has 1 aromatic heterocycles. The predicted molar refractivity (Wildman–Crippen MR) is 102 cm³/mol. The molecule has 7 heteroatoms. The summed E-state index contributed by atoms with van der Waals surface area (Å²) in [5.74, 6) is -0.684. The third-order valence-corrected chi connectivity index (χ3v) is 6.08. The number of halogens is 1. The first kappa shape index (κ1) is 18.0. The Hall–Kier alpha value is -2.34. The van der Waals surface area contributed by atoms with Crippen LogP contribution in [0.25, 0.3) is 5.69 Å². The maximum atomic E-state index is 13.1. The summed E-state index contributed by atoms with van der Waals surface area (Å²) in [5.41, 5.74) is 2.42. The SMILES string of the molecule is Cc1ccc(-n2ncc(C(=O)N3CCC(C)(C(=O)O)C3)c2C2CC2)cc1Cl. The molecule has 1 N–H and O–H groups in total. The molecule has 0 spiro atoms. The van der Waals surface area contributed by atoms with E-state index in [0.717, 1.165) is 29.8 Å². The first-order valence-corrected chi connectivity index (χ1v) is 9.55. The van der Waals surface area contributed by atoms with Gasteiger partial charge in [0.1, 0.15) is 0 Å². The summed E-state index contributed by atoms with van der Waals surface area (Å²) in [5, 5.41) is 14.6. The van der Waals surface area contributed by atoms with Crippen molar-refractivity contribution in [1.29, 1.82) is 0 Å². The lowest BCUT2D eigenvalue weighted by molar-refractivity contribution is -0.147. The summed E-state index contributed by atoms with van der Waals surface area (Å²) in [6.45, 7) is 4.32. The van der Waals surface area contributed by atoms with Crippen LogP contribution in [0.2, 0.25) is 5.02 Å². The Bertz CT molecular complexity index is 935. The van der Waals surface area contributed by atoms with Crippen molar-refractivity contribution in [3.63, 3.8) is 0 Å². The highest BCUT2D eigenvalue weighted by molar-refractivity contribution is 6.31. The number of aromatic nitrogens is 2. The van der Waals surface area contributed by atoms with E-state index >= 15 is 0 Å². The lowest BCUT2D eigenvalue weighted by atomic mass is 9.90. The molecule has 2 aliphatic rings. The molecule has 1 saturated heterocycles. The number of hydrogen-bond donors (Lipinski definition) is 1. The number of rotatable bonds is 4. The van der Waals surface area contributed by atoms with Crippen molar-refractivity contribution in [1.82, 2.24) is 14.7 Å². The first-order chi connectivity index (χ1) is 12.8. The van der Waals surface area contributed by atoms with Crippen molar-refractivity contribution < 1.29 is 14.7 Å². The Morgan fingerprint density at radius 3 is 2.67 bits per heavy atom. The normalized spacial score (nSPS) is 22.3. The molecule has 1 unspecified atom stereocenters. The molecule has 1 amide bonds. The number of hydrogen-bond acceptors (Lipinski definition) is 3. The Morgan fingerprint density at radius 2 is 2.07 bits per heavy atom. The van der Waals surface area contributed by atoms with Gasteiger partial charge in [-0.15, -0.1) is 0 Å². The fourth-order valence-corrected chi connectivity index (χ4v) is 3.85. The van der Waals surface area contributed by atoms with Crippen LogP contribution in [0.15, 0.2) is 24.4 Å². The Kier molecular flexibility index (Phi) is 4.26. The third kappa shape index (κ3) is 3.12. The molecule has 6 nitrogen and oxygen atoms in total. The van der Waals surface area contributed by atoms with Crippen molar-refractivity contribution in [2.24, 2.45) is 5.41 Å². The van der Waals surface area contributed by atoms with E-state index < -0.39 is 11.4 Å². The second kappa shape index (κ2) is 6.37. The van der Waals surface area contributed by atoms with Crippen LogP contribution >= 0.6 is 11.6 Å². The lowest BCUT2D eigenvalue weighted by Gasteiger charge is -2.20. The zero-order valence-electron chi connectivity index (χ0n) is 15.4. The first-order valence-electron chi connectivity index (χ1n) is 9.17. The summed E-state index contributed by atoms with van der Waals surface area (Å²) in [4.78, 5) is 26.3. The van der Waals surface area contributed by atoms with Crippen molar-refractivity contribution >= 4 is 23.5 Å². The van der Waals surface area contributed by atoms with E-state index in [1.54, 1.807) is 18.0 Å². The molecule has 27 heavy (non-hydrogen) atoms. The van der Waals surface area contributed by atoms with Gasteiger partial charge in [0.05, 0.1) is 28.6 Å². The van der Waals surface area contributed by atoms with Gasteiger partial charge in [0.15, 0.2) is 0 Å². The molecule has 142 valence electrons. The van der Waals surface area contributed by atoms with Gasteiger partial charge in [-0.3, -0.25) is 9.59 Å². The predicted octanol–water partition coefficient (Wildman–Crippen LogP) is 3.65. The number of carbonyl (C=O) groups excluding carboxylic acids is 1. The van der Waals surface area contributed by atoms with Crippen molar-refractivity contribution in [2.45, 2.75) is 39.0 Å². The van der Waals surface area contributed by atoms with E-state index in [1.807, 2.05) is 29.8 Å². The zero-order valence-corrected chi connectivity index (χ0v) is 16.2. The van der Waals surface area contributed by atoms with E-state index in [1.165, 1.54) is 0 Å². The van der Waals surface area contributed by atoms with E-state index in [4.69, 9.17) is 11.6 Å². The highest BCUT2D eigenvalue weighted by Gasteiger charge is 2.43. The molecule has 0 bridgehead atoms. The second-order valence-corrected chi connectivity index (χ2v) is 8.31. The second-order valence-electron chi connectivity index (χ2n) is 7.91. The van der Waals surface area contributed by atoms with Crippen LogP contribution in [0.5, 0.6) is 0 Å². The number of carbonyl (C=O) groups is 2. The van der Waals surface area contributed by atoms with E-state index in [0.29, 0.717) is 29.5 Å². The van der Waals surface area contributed by atoms with Gasteiger partial charge in [-0.2, -0.15) is 5.10 Å². The summed E-state index contributed by atoms with van der Waals surface area (Å²) in [7, 11) is 0. The van der Waals surface area contributed by atoms with Crippen LogP contribution < -0.4 is 0 Å². The molecule has 1 aromatic carbocycles. The molecule has 1 aliphatic heterocycles. The highest BCUT2D eigenvalue weighted by Crippen LogP contribution is 2.43. The van der Waals surface area contributed by atoms with Gasteiger partial charge >= 0.3 is 5.97 Å². The van der Waals surface area contributed by atoms with Crippen molar-refractivity contribution in [3.05, 3.63) is 46.2 Å². The number of carboxylic acids is 1. The summed E-state index contributed by atoms with van der Waals surface area (Å²) in [6, 6.07) is 5.75. The van der Waals surface area contributed by atoms with Crippen molar-refractivity contribution in [3.8, 4) is 5.69 Å². The highest BCUT2D eigenvalue weighted by atomic mass is 35.5. The number of likely N-dealkylation sites (tertiary alicyclic amines) is 1. The monoisotopic (exact) mass is 387 g/mol. The topological polar surface area (TPSA) is 75.4 Å². The number of amides is 1. The molecule has 0 radical (unpaired) electrons. The van der Waals surface area contributed by atoms with E-state index in [2.05, 4.69) is 5.10 Å². The van der Waals surface area contributed by atoms with Gasteiger partial charge in [0, 0.05) is 24.0 Å². The van der Waals surface area contributed by atoms with E-state index in [9.17, 15) is 14.7 Å². The Morgan fingerprint density at radius 1 is 1.33 bits per heavy atom. The maximum absolute atomic E-state index is 13.1. The number of nitrogens with zero attached hydrogens (tertiary/aromatic N) is 3. The third-order valence-electron chi connectivity index (χ3n) is 5.68. The van der Waals surface area contributed by atoms with Gasteiger partial charge in [-0.1, -0.05) is 17.7 Å². The molecule has 1 aliphatic carbocycles. The van der Waals surface area contributed by atoms with E-state index in [-0.39, 0.29) is 12.5 Å². The van der Waals surface area contributed by atoms with Gasteiger partial charge in [0.25, 0.3) is 5.91 Å². The quantitative estimate of drug-likeness (QED) is 0.868. The Balaban J connectivity index is 1.68. The molecular formula is C20H22ClN3O3. The summed E-state index contributed by atoms with van der Waals surface area (Å²) >= 11 is 6.27.